The Morgan fingerprint density at radius 1 is 1.00 bits per heavy atom. The number of anilines is 2. The zero-order valence-electron chi connectivity index (χ0n) is 16.5. The Hall–Kier alpha value is -3.36. The standard InChI is InChI=1S/C22H19F3N6/c23-22(24,25)17-9-13-7-8-30(11-14(13)10-18(17)26)21-16-4-2-1-3-15(16)20-28-27-19(12-5-6-12)31(20)29-21/h1-4,9-10,12H,5-8,11,26H2. The SMILES string of the molecule is Nc1cc2c(cc1C(F)(F)F)CCN(c1nn3c(C4CC4)nnc3c3ccccc13)C2. The summed E-state index contributed by atoms with van der Waals surface area (Å²) in [6.07, 6.45) is -1.79. The number of fused-ring (bicyclic) bond motifs is 4. The van der Waals surface area contributed by atoms with Crippen molar-refractivity contribution in [1.29, 1.82) is 0 Å². The fourth-order valence-corrected chi connectivity index (χ4v) is 4.46. The molecule has 0 radical (unpaired) electrons. The predicted molar refractivity (Wildman–Crippen MR) is 111 cm³/mol. The van der Waals surface area contributed by atoms with Crippen LogP contribution in [0.4, 0.5) is 24.7 Å². The van der Waals surface area contributed by atoms with Gasteiger partial charge >= 0.3 is 6.18 Å². The molecule has 2 aliphatic rings. The normalized spacial score (nSPS) is 16.8. The van der Waals surface area contributed by atoms with Crippen molar-refractivity contribution in [2.75, 3.05) is 17.2 Å². The molecule has 0 amide bonds. The first kappa shape index (κ1) is 18.4. The van der Waals surface area contributed by atoms with E-state index in [1.165, 1.54) is 12.1 Å². The first-order chi connectivity index (χ1) is 14.9. The van der Waals surface area contributed by atoms with Gasteiger partial charge in [-0.3, -0.25) is 0 Å². The van der Waals surface area contributed by atoms with Gasteiger partial charge in [0.05, 0.1) is 5.56 Å². The molecular formula is C22H19F3N6. The molecule has 0 unspecified atom stereocenters. The van der Waals surface area contributed by atoms with Gasteiger partial charge in [-0.25, -0.2) is 0 Å². The molecule has 2 aromatic carbocycles. The Bertz CT molecular complexity index is 1340. The van der Waals surface area contributed by atoms with Crippen LogP contribution < -0.4 is 10.6 Å². The number of alkyl halides is 3. The van der Waals surface area contributed by atoms with Crippen molar-refractivity contribution in [1.82, 2.24) is 19.8 Å². The predicted octanol–water partition coefficient (Wildman–Crippen LogP) is 4.32. The van der Waals surface area contributed by atoms with Crippen LogP contribution in [0, 0.1) is 0 Å². The molecule has 1 saturated carbocycles. The minimum absolute atomic E-state index is 0.240. The van der Waals surface area contributed by atoms with Crippen molar-refractivity contribution in [2.45, 2.75) is 37.9 Å². The molecule has 4 aromatic rings. The zero-order chi connectivity index (χ0) is 21.3. The van der Waals surface area contributed by atoms with Gasteiger partial charge in [0.1, 0.15) is 0 Å². The number of benzene rings is 2. The average molecular weight is 424 g/mol. The summed E-state index contributed by atoms with van der Waals surface area (Å²) in [6.45, 7) is 1.01. The highest BCUT2D eigenvalue weighted by Crippen LogP contribution is 2.41. The number of nitrogen functional groups attached to an aromatic ring is 1. The number of hydrogen-bond acceptors (Lipinski definition) is 5. The second-order valence-electron chi connectivity index (χ2n) is 8.31. The minimum Gasteiger partial charge on any atom is -0.398 e. The smallest absolute Gasteiger partial charge is 0.398 e. The lowest BCUT2D eigenvalue weighted by Gasteiger charge is -2.31. The molecule has 6 rings (SSSR count). The number of nitrogens with zero attached hydrogens (tertiary/aromatic N) is 5. The van der Waals surface area contributed by atoms with Crippen LogP contribution in [-0.4, -0.2) is 26.4 Å². The minimum atomic E-state index is -4.45. The summed E-state index contributed by atoms with van der Waals surface area (Å²) < 4.78 is 41.6. The fraction of sp³-hybridized carbons (Fsp3) is 0.318. The van der Waals surface area contributed by atoms with E-state index in [2.05, 4.69) is 15.1 Å². The van der Waals surface area contributed by atoms with Gasteiger partial charge < -0.3 is 10.6 Å². The van der Waals surface area contributed by atoms with E-state index in [0.29, 0.717) is 31.0 Å². The molecule has 31 heavy (non-hydrogen) atoms. The Balaban J connectivity index is 1.47. The van der Waals surface area contributed by atoms with Gasteiger partial charge in [-0.05, 0) is 42.5 Å². The molecule has 6 nitrogen and oxygen atoms in total. The van der Waals surface area contributed by atoms with Gasteiger partial charge in [-0.15, -0.1) is 15.3 Å². The van der Waals surface area contributed by atoms with Crippen LogP contribution >= 0.6 is 0 Å². The topological polar surface area (TPSA) is 72.3 Å². The molecule has 0 bridgehead atoms. The van der Waals surface area contributed by atoms with E-state index < -0.39 is 11.7 Å². The van der Waals surface area contributed by atoms with Crippen LogP contribution in [0.15, 0.2) is 36.4 Å². The number of hydrogen-bond donors (Lipinski definition) is 1. The number of rotatable bonds is 2. The van der Waals surface area contributed by atoms with Crippen molar-refractivity contribution < 1.29 is 13.2 Å². The quantitative estimate of drug-likeness (QED) is 0.485. The third kappa shape index (κ3) is 2.90. The zero-order valence-corrected chi connectivity index (χ0v) is 16.5. The first-order valence-electron chi connectivity index (χ1n) is 10.3. The van der Waals surface area contributed by atoms with E-state index in [-0.39, 0.29) is 5.69 Å². The van der Waals surface area contributed by atoms with Crippen molar-refractivity contribution in [3.63, 3.8) is 0 Å². The lowest BCUT2D eigenvalue weighted by atomic mass is 9.95. The molecule has 3 heterocycles. The fourth-order valence-electron chi connectivity index (χ4n) is 4.46. The molecule has 0 atom stereocenters. The third-order valence-corrected chi connectivity index (χ3v) is 6.20. The largest absolute Gasteiger partial charge is 0.418 e. The summed E-state index contributed by atoms with van der Waals surface area (Å²) in [6, 6.07) is 10.6. The molecule has 0 spiro atoms. The molecular weight excluding hydrogens is 405 g/mol. The molecule has 158 valence electrons. The number of nitrogens with two attached hydrogens (primary N) is 1. The second kappa shape index (κ2) is 6.32. The van der Waals surface area contributed by atoms with Crippen LogP contribution in [-0.2, 0) is 19.1 Å². The van der Waals surface area contributed by atoms with Crippen LogP contribution in [0.1, 0.15) is 41.3 Å². The maximum absolute atomic E-state index is 13.2. The average Bonchev–Trinajstić information content (AvgIpc) is 3.50. The lowest BCUT2D eigenvalue weighted by molar-refractivity contribution is -0.137. The highest BCUT2D eigenvalue weighted by Gasteiger charge is 2.35. The first-order valence-corrected chi connectivity index (χ1v) is 10.3. The van der Waals surface area contributed by atoms with Gasteiger partial charge in [-0.1, -0.05) is 24.3 Å². The van der Waals surface area contributed by atoms with E-state index >= 15 is 0 Å². The number of halogens is 3. The van der Waals surface area contributed by atoms with Gasteiger partial charge in [0.2, 0.25) is 0 Å². The summed E-state index contributed by atoms with van der Waals surface area (Å²) in [7, 11) is 0. The van der Waals surface area contributed by atoms with Gasteiger partial charge in [0, 0.05) is 35.5 Å². The maximum Gasteiger partial charge on any atom is 0.418 e. The highest BCUT2D eigenvalue weighted by molar-refractivity contribution is 6.00. The molecule has 0 saturated heterocycles. The monoisotopic (exact) mass is 424 g/mol. The Morgan fingerprint density at radius 2 is 1.77 bits per heavy atom. The summed E-state index contributed by atoms with van der Waals surface area (Å²) >= 11 is 0. The summed E-state index contributed by atoms with van der Waals surface area (Å²) in [5.74, 6) is 2.05. The van der Waals surface area contributed by atoms with E-state index in [1.807, 2.05) is 28.8 Å². The van der Waals surface area contributed by atoms with Gasteiger partial charge in [0.15, 0.2) is 17.3 Å². The van der Waals surface area contributed by atoms with E-state index in [4.69, 9.17) is 10.8 Å². The van der Waals surface area contributed by atoms with Crippen LogP contribution in [0.2, 0.25) is 0 Å². The molecule has 1 fully saturated rings. The van der Waals surface area contributed by atoms with Crippen LogP contribution in [0.25, 0.3) is 16.4 Å². The summed E-state index contributed by atoms with van der Waals surface area (Å²) in [5.41, 5.74) is 6.97. The van der Waals surface area contributed by atoms with E-state index in [0.717, 1.165) is 46.5 Å². The van der Waals surface area contributed by atoms with Crippen molar-refractivity contribution in [2.24, 2.45) is 0 Å². The van der Waals surface area contributed by atoms with Crippen LogP contribution in [0.5, 0.6) is 0 Å². The lowest BCUT2D eigenvalue weighted by Crippen LogP contribution is -2.32. The molecule has 9 heteroatoms. The molecule has 1 aliphatic carbocycles. The Labute approximate surface area is 175 Å². The summed E-state index contributed by atoms with van der Waals surface area (Å²) in [5, 5.41) is 15.6. The molecule has 2 N–H and O–H groups in total. The van der Waals surface area contributed by atoms with Gasteiger partial charge in [-0.2, -0.15) is 17.7 Å². The number of aromatic nitrogens is 4. The molecule has 2 aromatic heterocycles. The van der Waals surface area contributed by atoms with E-state index in [9.17, 15) is 13.2 Å². The Morgan fingerprint density at radius 3 is 2.52 bits per heavy atom. The third-order valence-electron chi connectivity index (χ3n) is 6.20. The van der Waals surface area contributed by atoms with Crippen LogP contribution in [0.3, 0.4) is 0 Å². The van der Waals surface area contributed by atoms with Gasteiger partial charge in [0.25, 0.3) is 0 Å². The van der Waals surface area contributed by atoms with Crippen molar-refractivity contribution in [3.8, 4) is 0 Å². The summed E-state index contributed by atoms with van der Waals surface area (Å²) in [4.78, 5) is 2.10. The maximum atomic E-state index is 13.2. The highest BCUT2D eigenvalue weighted by atomic mass is 19.4. The van der Waals surface area contributed by atoms with Crippen molar-refractivity contribution >= 4 is 27.9 Å². The Kier molecular flexibility index (Phi) is 3.75. The molecule has 1 aliphatic heterocycles. The van der Waals surface area contributed by atoms with E-state index in [1.54, 1.807) is 0 Å². The second-order valence-corrected chi connectivity index (χ2v) is 8.31. The van der Waals surface area contributed by atoms with Crippen molar-refractivity contribution in [3.05, 3.63) is 58.9 Å².